The van der Waals surface area contributed by atoms with Gasteiger partial charge in [0.2, 0.25) is 0 Å². The first-order valence-electron chi connectivity index (χ1n) is 4.69. The number of nitrogens with one attached hydrogen (secondary N) is 1. The van der Waals surface area contributed by atoms with Crippen LogP contribution in [0.5, 0.6) is 0 Å². The highest BCUT2D eigenvalue weighted by Crippen LogP contribution is 2.41. The molecule has 3 heteroatoms. The summed E-state index contributed by atoms with van der Waals surface area (Å²) in [4.78, 5) is 0. The van der Waals surface area contributed by atoms with Crippen LogP contribution in [0.2, 0.25) is 0 Å². The Morgan fingerprint density at radius 3 is 2.33 bits per heavy atom. The van der Waals surface area contributed by atoms with E-state index in [4.69, 9.17) is 0 Å². The van der Waals surface area contributed by atoms with Gasteiger partial charge in [-0.25, -0.2) is 0 Å². The van der Waals surface area contributed by atoms with Gasteiger partial charge in [-0.15, -0.1) is 11.8 Å². The van der Waals surface area contributed by atoms with Gasteiger partial charge in [0.15, 0.2) is 0 Å². The van der Waals surface area contributed by atoms with Crippen LogP contribution in [-0.4, -0.2) is 11.6 Å². The van der Waals surface area contributed by atoms with Gasteiger partial charge < -0.3 is 5.32 Å². The monoisotopic (exact) mass is 205 g/mol. The summed E-state index contributed by atoms with van der Waals surface area (Å²) in [6, 6.07) is 0. The topological polar surface area (TPSA) is 12.0 Å². The van der Waals surface area contributed by atoms with Crippen molar-refractivity contribution in [3.05, 3.63) is 9.93 Å². The maximum Gasteiger partial charge on any atom is 0.0660 e. The predicted octanol–water partition coefficient (Wildman–Crippen LogP) is 3.64. The zero-order valence-electron chi connectivity index (χ0n) is 8.44. The van der Waals surface area contributed by atoms with E-state index in [1.165, 1.54) is 17.9 Å². The molecule has 0 saturated heterocycles. The quantitative estimate of drug-likeness (QED) is 0.648. The highest BCUT2D eigenvalue weighted by molar-refractivity contribution is 8.22. The highest BCUT2D eigenvalue weighted by Gasteiger charge is 2.19. The molecule has 0 atom stereocenters. The minimum absolute atomic E-state index is 1.11. The third kappa shape index (κ3) is 3.31. The fourth-order valence-corrected chi connectivity index (χ4v) is 3.24. The van der Waals surface area contributed by atoms with E-state index in [0.717, 1.165) is 5.88 Å². The van der Waals surface area contributed by atoms with E-state index in [1.807, 2.05) is 51.2 Å². The molecule has 0 bridgehead atoms. The minimum Gasteiger partial charge on any atom is -0.378 e. The van der Waals surface area contributed by atoms with Crippen LogP contribution in [-0.2, 0) is 0 Å². The van der Waals surface area contributed by atoms with E-state index in [2.05, 4.69) is 5.32 Å². The van der Waals surface area contributed by atoms with E-state index >= 15 is 0 Å². The number of rotatable bonds is 0. The summed E-state index contributed by atoms with van der Waals surface area (Å²) in [5, 5.41) is 3.34. The molecule has 12 heavy (non-hydrogen) atoms. The van der Waals surface area contributed by atoms with Gasteiger partial charge in [0.25, 0.3) is 0 Å². The maximum absolute atomic E-state index is 3.34. The smallest absolute Gasteiger partial charge is 0.0660 e. The van der Waals surface area contributed by atoms with Gasteiger partial charge >= 0.3 is 0 Å². The molecule has 1 nitrogen and oxygen atoms in total. The highest BCUT2D eigenvalue weighted by atomic mass is 32.2. The molecule has 2 aliphatic rings. The Morgan fingerprint density at radius 2 is 1.75 bits per heavy atom. The molecule has 0 aliphatic carbocycles. The lowest BCUT2D eigenvalue weighted by Gasteiger charge is -1.94. The minimum atomic E-state index is 1.11. The Bertz CT molecular complexity index is 115. The van der Waals surface area contributed by atoms with Crippen molar-refractivity contribution in [1.29, 1.82) is 0 Å². The van der Waals surface area contributed by atoms with Gasteiger partial charge in [-0.1, -0.05) is 39.5 Å². The first kappa shape index (κ1) is 12.2. The Labute approximate surface area is 84.8 Å². The Kier molecular flexibility index (Phi) is 8.02. The van der Waals surface area contributed by atoms with Crippen LogP contribution in [0.3, 0.4) is 0 Å². The third-order valence-corrected chi connectivity index (χ3v) is 3.74. The summed E-state index contributed by atoms with van der Waals surface area (Å²) >= 11 is 3.94. The van der Waals surface area contributed by atoms with E-state index in [1.54, 1.807) is 4.24 Å². The molecule has 0 unspecified atom stereocenters. The fourth-order valence-electron chi connectivity index (χ4n) is 0.913. The number of thioether (sulfide) groups is 2. The zero-order valence-corrected chi connectivity index (χ0v) is 10.1. The molecule has 2 aliphatic heterocycles. The molecule has 0 spiro atoms. The fraction of sp³-hybridized carbons (Fsp3) is 0.778. The van der Waals surface area contributed by atoms with Crippen LogP contribution in [0.4, 0.5) is 0 Å². The van der Waals surface area contributed by atoms with Crippen molar-refractivity contribution in [2.75, 3.05) is 11.6 Å². The molecule has 0 amide bonds. The lowest BCUT2D eigenvalue weighted by atomic mass is 10.4. The molecule has 72 valence electrons. The average Bonchev–Trinajstić information content (AvgIpc) is 2.72. The van der Waals surface area contributed by atoms with Gasteiger partial charge in [0.1, 0.15) is 0 Å². The van der Waals surface area contributed by atoms with E-state index in [-0.39, 0.29) is 0 Å². The first-order chi connectivity index (χ1) is 5.97. The maximum atomic E-state index is 3.34. The zero-order chi connectivity index (χ0) is 9.40. The first-order valence-corrected chi connectivity index (χ1v) is 6.66. The summed E-state index contributed by atoms with van der Waals surface area (Å²) < 4.78 is 1.55. The molecule has 0 radical (unpaired) electrons. The van der Waals surface area contributed by atoms with E-state index in [9.17, 15) is 0 Å². The Morgan fingerprint density at radius 1 is 1.08 bits per heavy atom. The van der Waals surface area contributed by atoms with Gasteiger partial charge in [-0.3, -0.25) is 0 Å². The van der Waals surface area contributed by atoms with Crippen LogP contribution in [0.25, 0.3) is 0 Å². The molecule has 0 aromatic carbocycles. The molecule has 0 aromatic heterocycles. The summed E-state index contributed by atoms with van der Waals surface area (Å²) in [5.41, 5.74) is 1.50. The van der Waals surface area contributed by atoms with Crippen molar-refractivity contribution in [3.8, 4) is 0 Å². The SMILES string of the molecule is C1CC2=C(S1)SCN2.CC.CC. The van der Waals surface area contributed by atoms with Crippen molar-refractivity contribution in [1.82, 2.24) is 5.32 Å². The summed E-state index contributed by atoms with van der Waals surface area (Å²) in [5.74, 6) is 2.41. The standard InChI is InChI=1S/C5H7NS2.2C2H6/c1-2-7-5-4(1)6-3-8-5;2*1-2/h6H,1-3H2;2*1-2H3. The molecule has 0 aromatic rings. The second kappa shape index (κ2) is 7.87. The molecule has 2 heterocycles. The number of allylic oxidation sites excluding steroid dienone is 1. The number of hydrogen-bond donors (Lipinski definition) is 1. The van der Waals surface area contributed by atoms with Crippen molar-refractivity contribution < 1.29 is 0 Å². The summed E-state index contributed by atoms with van der Waals surface area (Å²) in [6.07, 6.45) is 1.27. The van der Waals surface area contributed by atoms with Crippen molar-refractivity contribution in [2.45, 2.75) is 34.1 Å². The third-order valence-electron chi connectivity index (χ3n) is 1.32. The van der Waals surface area contributed by atoms with E-state index < -0.39 is 0 Å². The number of hydrogen-bond acceptors (Lipinski definition) is 3. The Hall–Kier alpha value is 0.240. The lowest BCUT2D eigenvalue weighted by molar-refractivity contribution is 0.913. The molecule has 0 saturated carbocycles. The van der Waals surface area contributed by atoms with Crippen LogP contribution < -0.4 is 5.32 Å². The van der Waals surface area contributed by atoms with E-state index in [0.29, 0.717) is 0 Å². The predicted molar refractivity (Wildman–Crippen MR) is 62.4 cm³/mol. The average molecular weight is 205 g/mol. The van der Waals surface area contributed by atoms with Crippen LogP contribution in [0, 0.1) is 0 Å². The molecule has 1 N–H and O–H groups in total. The lowest BCUT2D eigenvalue weighted by Crippen LogP contribution is -2.05. The van der Waals surface area contributed by atoms with Gasteiger partial charge in [-0.05, 0) is 6.42 Å². The summed E-state index contributed by atoms with van der Waals surface area (Å²) in [7, 11) is 0. The molecule has 2 rings (SSSR count). The van der Waals surface area contributed by atoms with Crippen LogP contribution >= 0.6 is 23.5 Å². The summed E-state index contributed by atoms with van der Waals surface area (Å²) in [6.45, 7) is 8.00. The second-order valence-electron chi connectivity index (χ2n) is 1.83. The second-order valence-corrected chi connectivity index (χ2v) is 4.18. The van der Waals surface area contributed by atoms with Gasteiger partial charge in [0.05, 0.1) is 10.1 Å². The molecular formula is C9H19NS2. The Balaban J connectivity index is 0.000000269. The van der Waals surface area contributed by atoms with Crippen LogP contribution in [0.15, 0.2) is 9.93 Å². The normalized spacial score (nSPS) is 18.3. The molecular weight excluding hydrogens is 186 g/mol. The van der Waals surface area contributed by atoms with Gasteiger partial charge in [0, 0.05) is 11.4 Å². The van der Waals surface area contributed by atoms with Crippen molar-refractivity contribution in [3.63, 3.8) is 0 Å². The molecule has 0 fully saturated rings. The van der Waals surface area contributed by atoms with Crippen molar-refractivity contribution >= 4 is 23.5 Å². The van der Waals surface area contributed by atoms with Crippen molar-refractivity contribution in [2.24, 2.45) is 0 Å². The van der Waals surface area contributed by atoms with Crippen LogP contribution in [0.1, 0.15) is 34.1 Å². The van der Waals surface area contributed by atoms with Gasteiger partial charge in [-0.2, -0.15) is 0 Å². The largest absolute Gasteiger partial charge is 0.378 e.